The molecular formula is C13H22N4O3. The summed E-state index contributed by atoms with van der Waals surface area (Å²) in [4.78, 5) is 22.8. The highest BCUT2D eigenvalue weighted by Crippen LogP contribution is 2.10. The normalized spacial score (nSPS) is 18.5. The van der Waals surface area contributed by atoms with Gasteiger partial charge in [0.15, 0.2) is 0 Å². The molecule has 1 atom stereocenters. The molecule has 1 amide bonds. The fraction of sp³-hybridized carbons (Fsp3) is 0.538. The van der Waals surface area contributed by atoms with E-state index in [-0.39, 0.29) is 18.4 Å². The highest BCUT2D eigenvalue weighted by Gasteiger charge is 2.20. The zero-order valence-electron chi connectivity index (χ0n) is 12.4. The van der Waals surface area contributed by atoms with Crippen LogP contribution in [0.4, 0.5) is 0 Å². The molecular weight excluding hydrogens is 260 g/mol. The topological polar surface area (TPSA) is 77.2 Å². The first-order valence-electron chi connectivity index (χ1n) is 6.36. The molecule has 1 aliphatic rings. The molecule has 7 nitrogen and oxygen atoms in total. The summed E-state index contributed by atoms with van der Waals surface area (Å²) in [5, 5.41) is 4.94. The van der Waals surface area contributed by atoms with Crippen LogP contribution < -0.4 is 10.3 Å². The first-order chi connectivity index (χ1) is 9.21. The van der Waals surface area contributed by atoms with E-state index >= 15 is 0 Å². The van der Waals surface area contributed by atoms with Crippen LogP contribution in [0, 0.1) is 0 Å². The van der Waals surface area contributed by atoms with E-state index in [2.05, 4.69) is 17.4 Å². The van der Waals surface area contributed by atoms with Gasteiger partial charge >= 0.3 is 5.97 Å². The van der Waals surface area contributed by atoms with Crippen molar-refractivity contribution in [2.24, 2.45) is 0 Å². The van der Waals surface area contributed by atoms with Crippen LogP contribution in [0.25, 0.3) is 5.53 Å². The number of carbonyl (C=O) groups is 2. The molecule has 1 aliphatic heterocycles. The molecule has 20 heavy (non-hydrogen) atoms. The lowest BCUT2D eigenvalue weighted by Crippen LogP contribution is -3.02. The second-order valence-corrected chi connectivity index (χ2v) is 5.45. The van der Waals surface area contributed by atoms with Gasteiger partial charge in [-0.05, 0) is 26.8 Å². The number of carbonyl (C=O) groups excluding carboxylic acids is 2. The number of nitrogens with zero attached hydrogens (tertiary/aromatic N) is 2. The van der Waals surface area contributed by atoms with Crippen molar-refractivity contribution >= 4 is 11.9 Å². The van der Waals surface area contributed by atoms with E-state index < -0.39 is 5.60 Å². The van der Waals surface area contributed by atoms with Crippen LogP contribution in [-0.2, 0) is 14.3 Å². The van der Waals surface area contributed by atoms with Crippen LogP contribution in [0.1, 0.15) is 20.8 Å². The van der Waals surface area contributed by atoms with Gasteiger partial charge in [0.25, 0.3) is 0 Å². The van der Waals surface area contributed by atoms with Crippen molar-refractivity contribution in [2.45, 2.75) is 26.4 Å². The molecule has 0 fully saturated rings. The Kier molecular flexibility index (Phi) is 5.29. The lowest BCUT2D eigenvalue weighted by atomic mass is 10.2. The SMILES string of the molecule is C=CC(=O)NCC1=CN(CC(=O)OC(C)(C)C)[N-][NH+]1C. The molecule has 1 rings (SSSR count). The Bertz CT molecular complexity index is 426. The minimum atomic E-state index is -0.514. The predicted octanol–water partition coefficient (Wildman–Crippen LogP) is -0.494. The molecule has 0 aromatic heterocycles. The molecule has 0 saturated carbocycles. The number of nitrogens with one attached hydrogen (secondary N) is 2. The molecule has 0 aliphatic carbocycles. The van der Waals surface area contributed by atoms with Gasteiger partial charge in [-0.3, -0.25) is 9.59 Å². The highest BCUT2D eigenvalue weighted by molar-refractivity contribution is 5.86. The zero-order valence-corrected chi connectivity index (χ0v) is 12.4. The van der Waals surface area contributed by atoms with E-state index in [0.29, 0.717) is 6.54 Å². The fourth-order valence-corrected chi connectivity index (χ4v) is 1.57. The molecule has 0 aromatic carbocycles. The van der Waals surface area contributed by atoms with Crippen LogP contribution in [0.3, 0.4) is 0 Å². The summed E-state index contributed by atoms with van der Waals surface area (Å²) in [6.07, 6.45) is 2.93. The summed E-state index contributed by atoms with van der Waals surface area (Å²) in [7, 11) is 1.82. The van der Waals surface area contributed by atoms with Crippen LogP contribution in [0.5, 0.6) is 0 Å². The molecule has 2 N–H and O–H groups in total. The van der Waals surface area contributed by atoms with Crippen LogP contribution in [0.15, 0.2) is 24.6 Å². The third-order valence-corrected chi connectivity index (χ3v) is 2.40. The Morgan fingerprint density at radius 1 is 1.55 bits per heavy atom. The number of likely N-dealkylation sites (N-methyl/N-ethyl adjacent to an activating group) is 1. The number of rotatable bonds is 5. The Morgan fingerprint density at radius 3 is 2.75 bits per heavy atom. The van der Waals surface area contributed by atoms with Gasteiger partial charge in [-0.1, -0.05) is 6.58 Å². The van der Waals surface area contributed by atoms with Crippen LogP contribution in [-0.4, -0.2) is 42.6 Å². The van der Waals surface area contributed by atoms with E-state index in [9.17, 15) is 9.59 Å². The molecule has 1 unspecified atom stereocenters. The zero-order chi connectivity index (χ0) is 15.3. The van der Waals surface area contributed by atoms with Gasteiger partial charge in [0.2, 0.25) is 5.91 Å². The molecule has 0 bridgehead atoms. The van der Waals surface area contributed by atoms with Gasteiger partial charge in [-0.2, -0.15) is 0 Å². The standard InChI is InChI=1S/C13H22N4O3/c1-6-11(18)14-7-10-8-17(15-16(10)5)9-12(19)20-13(2,3)4/h6,8,16H,1,7,9H2,2-5H3,(H,14,18). The monoisotopic (exact) mass is 282 g/mol. The number of hydrogen-bond acceptors (Lipinski definition) is 4. The van der Waals surface area contributed by atoms with Crippen molar-refractivity contribution in [3.63, 3.8) is 0 Å². The maximum atomic E-state index is 11.7. The Morgan fingerprint density at radius 2 is 2.20 bits per heavy atom. The van der Waals surface area contributed by atoms with Crippen molar-refractivity contribution in [1.29, 1.82) is 0 Å². The van der Waals surface area contributed by atoms with Crippen molar-refractivity contribution in [2.75, 3.05) is 20.1 Å². The third kappa shape index (κ3) is 5.41. The van der Waals surface area contributed by atoms with Gasteiger partial charge in [0, 0.05) is 6.20 Å². The summed E-state index contributed by atoms with van der Waals surface area (Å²) >= 11 is 0. The minimum Gasteiger partial charge on any atom is -0.459 e. The Hall–Kier alpha value is -1.86. The van der Waals surface area contributed by atoms with Crippen LogP contribution >= 0.6 is 0 Å². The van der Waals surface area contributed by atoms with Crippen molar-refractivity contribution < 1.29 is 19.3 Å². The average Bonchev–Trinajstić information content (AvgIpc) is 2.63. The number of amides is 1. The Balaban J connectivity index is 2.49. The maximum Gasteiger partial charge on any atom is 0.324 e. The second-order valence-electron chi connectivity index (χ2n) is 5.45. The average molecular weight is 282 g/mol. The quantitative estimate of drug-likeness (QED) is 0.527. The van der Waals surface area contributed by atoms with Crippen LogP contribution in [0.2, 0.25) is 0 Å². The van der Waals surface area contributed by atoms with E-state index in [4.69, 9.17) is 4.74 Å². The fourth-order valence-electron chi connectivity index (χ4n) is 1.57. The Labute approximate surface area is 119 Å². The van der Waals surface area contributed by atoms with E-state index in [1.807, 2.05) is 27.8 Å². The third-order valence-electron chi connectivity index (χ3n) is 2.40. The molecule has 0 saturated heterocycles. The number of esters is 1. The molecule has 112 valence electrons. The van der Waals surface area contributed by atoms with E-state index in [0.717, 1.165) is 10.7 Å². The number of quaternary nitrogens is 1. The van der Waals surface area contributed by atoms with Crippen molar-refractivity contribution in [3.05, 3.63) is 30.1 Å². The van der Waals surface area contributed by atoms with Gasteiger partial charge in [-0.25, -0.2) is 0 Å². The first-order valence-corrected chi connectivity index (χ1v) is 6.36. The summed E-state index contributed by atoms with van der Waals surface area (Å²) < 4.78 is 5.22. The number of ether oxygens (including phenoxy) is 1. The predicted molar refractivity (Wildman–Crippen MR) is 74.1 cm³/mol. The summed E-state index contributed by atoms with van der Waals surface area (Å²) in [6.45, 7) is 9.23. The lowest BCUT2D eigenvalue weighted by Gasteiger charge is -2.30. The van der Waals surface area contributed by atoms with Gasteiger partial charge in [0.1, 0.15) is 17.8 Å². The molecule has 1 heterocycles. The minimum absolute atomic E-state index is 0.0491. The van der Waals surface area contributed by atoms with Crippen molar-refractivity contribution in [1.82, 2.24) is 10.3 Å². The largest absolute Gasteiger partial charge is 0.459 e. The van der Waals surface area contributed by atoms with E-state index in [1.165, 1.54) is 11.1 Å². The molecule has 0 radical (unpaired) electrons. The van der Waals surface area contributed by atoms with Gasteiger partial charge in [-0.15, -0.1) is 0 Å². The first kappa shape index (κ1) is 16.2. The van der Waals surface area contributed by atoms with Crippen molar-refractivity contribution in [3.8, 4) is 0 Å². The smallest absolute Gasteiger partial charge is 0.324 e. The molecule has 7 heteroatoms. The lowest BCUT2D eigenvalue weighted by molar-refractivity contribution is -0.800. The highest BCUT2D eigenvalue weighted by atomic mass is 16.6. The van der Waals surface area contributed by atoms with Gasteiger partial charge < -0.3 is 25.6 Å². The second kappa shape index (κ2) is 6.53. The molecule has 0 aromatic rings. The summed E-state index contributed by atoms with van der Waals surface area (Å²) in [6, 6.07) is 0. The van der Waals surface area contributed by atoms with Gasteiger partial charge in [0.05, 0.1) is 13.6 Å². The summed E-state index contributed by atoms with van der Waals surface area (Å²) in [5.74, 6) is -0.592. The van der Waals surface area contributed by atoms with E-state index in [1.54, 1.807) is 6.20 Å². The molecule has 0 spiro atoms. The number of hydrogen-bond donors (Lipinski definition) is 2. The summed E-state index contributed by atoms with van der Waals surface area (Å²) in [5.41, 5.74) is 4.56. The maximum absolute atomic E-state index is 11.7.